The Kier molecular flexibility index (Phi) is 5.86. The van der Waals surface area contributed by atoms with Crippen molar-refractivity contribution in [2.75, 3.05) is 5.32 Å². The van der Waals surface area contributed by atoms with Gasteiger partial charge in [0.2, 0.25) is 5.91 Å². The van der Waals surface area contributed by atoms with Gasteiger partial charge in [-0.3, -0.25) is 9.48 Å². The molecule has 0 saturated heterocycles. The summed E-state index contributed by atoms with van der Waals surface area (Å²) in [6.45, 7) is 4.00. The van der Waals surface area contributed by atoms with E-state index in [1.807, 2.05) is 31.2 Å². The maximum Gasteiger partial charge on any atom is 0.264 e. The number of rotatable bonds is 7. The predicted molar refractivity (Wildman–Crippen MR) is 126 cm³/mol. The van der Waals surface area contributed by atoms with Crippen molar-refractivity contribution in [1.29, 1.82) is 0 Å². The number of alkyl halides is 2. The van der Waals surface area contributed by atoms with Crippen molar-refractivity contribution in [3.63, 3.8) is 0 Å². The number of hydrogen-bond donors (Lipinski definition) is 1. The van der Waals surface area contributed by atoms with Crippen LogP contribution in [0.15, 0.2) is 65.5 Å². The van der Waals surface area contributed by atoms with Gasteiger partial charge >= 0.3 is 0 Å². The summed E-state index contributed by atoms with van der Waals surface area (Å²) >= 11 is 0. The fourth-order valence-corrected chi connectivity index (χ4v) is 3.95. The normalized spacial score (nSPS) is 11.5. The fraction of sp³-hybridized carbons (Fsp3) is 0.200. The van der Waals surface area contributed by atoms with E-state index in [0.717, 1.165) is 5.56 Å². The van der Waals surface area contributed by atoms with E-state index in [1.165, 1.54) is 22.6 Å². The molecule has 0 bridgehead atoms. The van der Waals surface area contributed by atoms with Crippen LogP contribution in [-0.4, -0.2) is 30.5 Å². The van der Waals surface area contributed by atoms with Crippen LogP contribution in [0, 0.1) is 13.8 Å². The van der Waals surface area contributed by atoms with Gasteiger partial charge in [0.25, 0.3) is 6.43 Å². The molecular formula is C25H22F2N6O2. The van der Waals surface area contributed by atoms with E-state index in [0.29, 0.717) is 23.7 Å². The number of aryl methyl sites for hydroxylation is 2. The summed E-state index contributed by atoms with van der Waals surface area (Å²) in [6, 6.07) is 12.7. The van der Waals surface area contributed by atoms with Crippen LogP contribution in [0.5, 0.6) is 0 Å². The van der Waals surface area contributed by atoms with Gasteiger partial charge in [-0.25, -0.2) is 18.4 Å². The number of furan rings is 1. The Morgan fingerprint density at radius 2 is 1.97 bits per heavy atom. The number of carbonyl (C=O) groups excluding carboxylic acids is 1. The Hall–Kier alpha value is -4.34. The van der Waals surface area contributed by atoms with Crippen molar-refractivity contribution in [2.45, 2.75) is 33.4 Å². The maximum atomic E-state index is 13.9. The number of halogens is 2. The number of nitrogens with one attached hydrogen (secondary N) is 1. The zero-order valence-corrected chi connectivity index (χ0v) is 19.1. The molecule has 0 radical (unpaired) electrons. The van der Waals surface area contributed by atoms with Gasteiger partial charge in [0.1, 0.15) is 12.2 Å². The number of benzene rings is 1. The summed E-state index contributed by atoms with van der Waals surface area (Å²) in [5, 5.41) is 11.6. The van der Waals surface area contributed by atoms with Crippen molar-refractivity contribution in [3.05, 3.63) is 83.5 Å². The van der Waals surface area contributed by atoms with Gasteiger partial charge in [-0.2, -0.15) is 10.2 Å². The van der Waals surface area contributed by atoms with Crippen LogP contribution < -0.4 is 5.32 Å². The number of nitrogens with zero attached hydrogens (tertiary/aromatic N) is 5. The van der Waals surface area contributed by atoms with Crippen LogP contribution in [0.25, 0.3) is 22.5 Å². The SMILES string of the molecule is Cc1ccc(Cn2cc(NC(=O)Cn3nc(C)c4c(C(F)F)cc(-c5ccco5)nc43)cn2)cc1. The third-order valence-electron chi connectivity index (χ3n) is 5.59. The molecule has 4 heterocycles. The molecule has 5 aromatic rings. The lowest BCUT2D eigenvalue weighted by atomic mass is 10.1. The summed E-state index contributed by atoms with van der Waals surface area (Å²) in [5.74, 6) is -0.0299. The molecule has 10 heteroatoms. The highest BCUT2D eigenvalue weighted by molar-refractivity contribution is 5.92. The molecule has 8 nitrogen and oxygen atoms in total. The summed E-state index contributed by atoms with van der Waals surface area (Å²) in [5.41, 5.74) is 3.38. The molecule has 1 N–H and O–H groups in total. The van der Waals surface area contributed by atoms with Crippen molar-refractivity contribution in [1.82, 2.24) is 24.5 Å². The second-order valence-corrected chi connectivity index (χ2v) is 8.28. The van der Waals surface area contributed by atoms with Crippen molar-refractivity contribution in [2.24, 2.45) is 0 Å². The zero-order chi connectivity index (χ0) is 24.5. The van der Waals surface area contributed by atoms with E-state index in [-0.39, 0.29) is 34.7 Å². The lowest BCUT2D eigenvalue weighted by Gasteiger charge is -2.07. The Morgan fingerprint density at radius 3 is 2.69 bits per heavy atom. The highest BCUT2D eigenvalue weighted by Crippen LogP contribution is 2.33. The minimum absolute atomic E-state index is 0.192. The first-order valence-electron chi connectivity index (χ1n) is 11.0. The van der Waals surface area contributed by atoms with Crippen LogP contribution in [0.2, 0.25) is 0 Å². The molecule has 0 spiro atoms. The molecular weight excluding hydrogens is 454 g/mol. The van der Waals surface area contributed by atoms with Crippen molar-refractivity contribution < 1.29 is 18.0 Å². The third-order valence-corrected chi connectivity index (χ3v) is 5.59. The molecule has 178 valence electrons. The second-order valence-electron chi connectivity index (χ2n) is 8.28. The fourth-order valence-electron chi connectivity index (χ4n) is 3.95. The van der Waals surface area contributed by atoms with Crippen molar-refractivity contribution in [3.8, 4) is 11.5 Å². The smallest absolute Gasteiger partial charge is 0.264 e. The summed E-state index contributed by atoms with van der Waals surface area (Å²) in [7, 11) is 0. The average molecular weight is 476 g/mol. The van der Waals surface area contributed by atoms with E-state index in [2.05, 4.69) is 20.5 Å². The molecule has 4 aromatic heterocycles. The Labute approximate surface area is 199 Å². The quantitative estimate of drug-likeness (QED) is 0.352. The lowest BCUT2D eigenvalue weighted by Crippen LogP contribution is -2.19. The number of hydrogen-bond acceptors (Lipinski definition) is 5. The zero-order valence-electron chi connectivity index (χ0n) is 19.1. The third kappa shape index (κ3) is 4.68. The van der Waals surface area contributed by atoms with E-state index in [9.17, 15) is 13.6 Å². The number of amides is 1. The Balaban J connectivity index is 1.37. The van der Waals surface area contributed by atoms with Crippen LogP contribution >= 0.6 is 0 Å². The van der Waals surface area contributed by atoms with Crippen LogP contribution in [0.1, 0.15) is 28.8 Å². The van der Waals surface area contributed by atoms with Crippen LogP contribution in [0.3, 0.4) is 0 Å². The summed E-state index contributed by atoms with van der Waals surface area (Å²) in [4.78, 5) is 17.2. The largest absolute Gasteiger partial charge is 0.463 e. The number of fused-ring (bicyclic) bond motifs is 1. The molecule has 0 saturated carbocycles. The number of carbonyl (C=O) groups is 1. The number of aromatic nitrogens is 5. The first kappa shape index (κ1) is 22.5. The van der Waals surface area contributed by atoms with E-state index in [4.69, 9.17) is 4.42 Å². The molecule has 0 aliphatic heterocycles. The van der Waals surface area contributed by atoms with Gasteiger partial charge in [-0.1, -0.05) is 29.8 Å². The molecule has 0 fully saturated rings. The lowest BCUT2D eigenvalue weighted by molar-refractivity contribution is -0.116. The van der Waals surface area contributed by atoms with E-state index in [1.54, 1.807) is 36.1 Å². The van der Waals surface area contributed by atoms with Crippen molar-refractivity contribution >= 4 is 22.6 Å². The minimum atomic E-state index is -2.74. The topological polar surface area (TPSA) is 90.8 Å². The van der Waals surface area contributed by atoms with Gasteiger partial charge < -0.3 is 9.73 Å². The van der Waals surface area contributed by atoms with E-state index < -0.39 is 6.43 Å². The first-order chi connectivity index (χ1) is 16.9. The van der Waals surface area contributed by atoms with Crippen LogP contribution in [0.4, 0.5) is 14.5 Å². The van der Waals surface area contributed by atoms with Gasteiger partial charge in [-0.05, 0) is 37.6 Å². The minimum Gasteiger partial charge on any atom is -0.463 e. The molecule has 0 aliphatic carbocycles. The number of pyridine rings is 1. The summed E-state index contributed by atoms with van der Waals surface area (Å²) < 4.78 is 36.1. The molecule has 1 aromatic carbocycles. The predicted octanol–water partition coefficient (Wildman–Crippen LogP) is 5.13. The molecule has 1 amide bonds. The Bertz CT molecular complexity index is 1490. The number of anilines is 1. The van der Waals surface area contributed by atoms with Gasteiger partial charge in [0.15, 0.2) is 11.4 Å². The van der Waals surface area contributed by atoms with Gasteiger partial charge in [0.05, 0.1) is 35.8 Å². The highest BCUT2D eigenvalue weighted by atomic mass is 19.3. The van der Waals surface area contributed by atoms with Gasteiger partial charge in [0, 0.05) is 11.8 Å². The maximum absolute atomic E-state index is 13.9. The van der Waals surface area contributed by atoms with Gasteiger partial charge in [-0.15, -0.1) is 0 Å². The second kappa shape index (κ2) is 9.13. The van der Waals surface area contributed by atoms with Crippen LogP contribution in [-0.2, 0) is 17.9 Å². The monoisotopic (exact) mass is 476 g/mol. The molecule has 5 rings (SSSR count). The Morgan fingerprint density at radius 1 is 1.17 bits per heavy atom. The average Bonchev–Trinajstić information content (AvgIpc) is 3.57. The molecule has 0 aliphatic rings. The molecule has 35 heavy (non-hydrogen) atoms. The molecule has 0 unspecified atom stereocenters. The van der Waals surface area contributed by atoms with E-state index >= 15 is 0 Å². The standard InChI is InChI=1S/C25H22F2N6O2/c1-15-5-7-17(8-6-15)12-32-13-18(11-28-32)29-22(34)14-33-25-23(16(2)31-33)19(24(26)27)10-20(30-25)21-4-3-9-35-21/h3-11,13,24H,12,14H2,1-2H3,(H,29,34). The highest BCUT2D eigenvalue weighted by Gasteiger charge is 2.22. The molecule has 0 atom stereocenters. The summed E-state index contributed by atoms with van der Waals surface area (Å²) in [6.07, 6.45) is 1.99. The first-order valence-corrected chi connectivity index (χ1v) is 11.0.